The van der Waals surface area contributed by atoms with E-state index < -0.39 is 0 Å². The zero-order valence-corrected chi connectivity index (χ0v) is 12.7. The maximum Gasteiger partial charge on any atom is 0.250 e. The van der Waals surface area contributed by atoms with Gasteiger partial charge in [-0.2, -0.15) is 10.1 Å². The summed E-state index contributed by atoms with van der Waals surface area (Å²) in [6.07, 6.45) is 4.08. The zero-order valence-electron chi connectivity index (χ0n) is 12.7. The molecule has 0 fully saturated rings. The molecule has 0 amide bonds. The lowest BCUT2D eigenvalue weighted by molar-refractivity contribution is 0.384. The number of pyridine rings is 1. The lowest BCUT2D eigenvalue weighted by atomic mass is 10.2. The van der Waals surface area contributed by atoms with Crippen molar-refractivity contribution in [3.8, 4) is 11.4 Å². The first-order chi connectivity index (χ1) is 10.5. The first kappa shape index (κ1) is 14.2. The van der Waals surface area contributed by atoms with Gasteiger partial charge in [0.2, 0.25) is 11.7 Å². The zero-order chi connectivity index (χ0) is 15.7. The number of rotatable bonds is 4. The van der Waals surface area contributed by atoms with Crippen LogP contribution < -0.4 is 5.56 Å². The van der Waals surface area contributed by atoms with Crippen molar-refractivity contribution >= 4 is 0 Å². The number of aromatic nitrogens is 5. The Hall–Kier alpha value is -2.70. The van der Waals surface area contributed by atoms with Crippen molar-refractivity contribution in [3.63, 3.8) is 0 Å². The van der Waals surface area contributed by atoms with Crippen LogP contribution in [0, 0.1) is 0 Å². The van der Waals surface area contributed by atoms with Crippen LogP contribution in [0.15, 0.2) is 39.9 Å². The highest BCUT2D eigenvalue weighted by Crippen LogP contribution is 2.15. The van der Waals surface area contributed by atoms with E-state index in [0.29, 0.717) is 29.7 Å². The molecule has 0 atom stereocenters. The van der Waals surface area contributed by atoms with Gasteiger partial charge in [-0.25, -0.2) is 0 Å². The maximum atomic E-state index is 11.6. The summed E-state index contributed by atoms with van der Waals surface area (Å²) < 4.78 is 8.62. The van der Waals surface area contributed by atoms with E-state index in [1.165, 1.54) is 10.6 Å². The fraction of sp³-hybridized carbons (Fsp3) is 0.333. The summed E-state index contributed by atoms with van der Waals surface area (Å²) in [5, 5.41) is 8.37. The minimum Gasteiger partial charge on any atom is -0.339 e. The van der Waals surface area contributed by atoms with Gasteiger partial charge in [-0.1, -0.05) is 5.16 Å². The van der Waals surface area contributed by atoms with Crippen molar-refractivity contribution in [2.45, 2.75) is 26.3 Å². The van der Waals surface area contributed by atoms with Gasteiger partial charge in [0, 0.05) is 37.1 Å². The molecule has 3 rings (SSSR count). The van der Waals surface area contributed by atoms with E-state index in [2.05, 4.69) is 29.1 Å². The highest BCUT2D eigenvalue weighted by atomic mass is 16.5. The van der Waals surface area contributed by atoms with Gasteiger partial charge in [0.05, 0.1) is 12.1 Å². The van der Waals surface area contributed by atoms with E-state index in [1.807, 2.05) is 16.9 Å². The molecule has 0 aromatic carbocycles. The molecule has 114 valence electrons. The quantitative estimate of drug-likeness (QED) is 0.734. The first-order valence-corrected chi connectivity index (χ1v) is 7.06. The minimum absolute atomic E-state index is 0.112. The lowest BCUT2D eigenvalue weighted by Crippen LogP contribution is -2.14. The van der Waals surface area contributed by atoms with E-state index in [9.17, 15) is 4.79 Å². The highest BCUT2D eigenvalue weighted by molar-refractivity contribution is 5.52. The third kappa shape index (κ3) is 2.83. The van der Waals surface area contributed by atoms with E-state index in [0.717, 1.165) is 5.69 Å². The standard InChI is InChI=1S/C15H17N5O2/c1-10(2)20-7-5-12(17-20)9-13-16-15(18-22-13)11-4-6-19(3)14(21)8-11/h4-8,10H,9H2,1-3H3. The van der Waals surface area contributed by atoms with Crippen molar-refractivity contribution in [1.82, 2.24) is 24.5 Å². The summed E-state index contributed by atoms with van der Waals surface area (Å²) in [6.45, 7) is 4.13. The van der Waals surface area contributed by atoms with Crippen molar-refractivity contribution in [2.75, 3.05) is 0 Å². The third-order valence-electron chi connectivity index (χ3n) is 3.36. The van der Waals surface area contributed by atoms with Crippen LogP contribution in [0.2, 0.25) is 0 Å². The minimum atomic E-state index is -0.112. The molecule has 0 unspecified atom stereocenters. The molecule has 0 saturated carbocycles. The Kier molecular flexibility index (Phi) is 3.62. The fourth-order valence-electron chi connectivity index (χ4n) is 2.05. The molecule has 3 aromatic heterocycles. The van der Waals surface area contributed by atoms with Gasteiger partial charge in [-0.05, 0) is 26.0 Å². The molecule has 7 nitrogen and oxygen atoms in total. The second-order valence-corrected chi connectivity index (χ2v) is 5.43. The van der Waals surface area contributed by atoms with Crippen LogP contribution in [0.1, 0.15) is 31.5 Å². The summed E-state index contributed by atoms with van der Waals surface area (Å²) in [5.41, 5.74) is 1.40. The Morgan fingerprint density at radius 3 is 2.77 bits per heavy atom. The van der Waals surface area contributed by atoms with Gasteiger partial charge in [-0.3, -0.25) is 9.48 Å². The topological polar surface area (TPSA) is 78.7 Å². The van der Waals surface area contributed by atoms with Crippen LogP contribution in [0.5, 0.6) is 0 Å². The van der Waals surface area contributed by atoms with E-state index >= 15 is 0 Å². The molecule has 0 aliphatic carbocycles. The second-order valence-electron chi connectivity index (χ2n) is 5.43. The van der Waals surface area contributed by atoms with Crippen molar-refractivity contribution in [1.29, 1.82) is 0 Å². The number of hydrogen-bond acceptors (Lipinski definition) is 5. The molecule has 0 aliphatic rings. The predicted molar refractivity (Wildman–Crippen MR) is 80.4 cm³/mol. The molecule has 3 aromatic rings. The van der Waals surface area contributed by atoms with E-state index in [4.69, 9.17) is 4.52 Å². The van der Waals surface area contributed by atoms with Crippen LogP contribution in [0.4, 0.5) is 0 Å². The molecule has 0 bridgehead atoms. The van der Waals surface area contributed by atoms with Crippen molar-refractivity contribution in [3.05, 3.63) is 52.5 Å². The van der Waals surface area contributed by atoms with Crippen LogP contribution in [0.3, 0.4) is 0 Å². The molecule has 22 heavy (non-hydrogen) atoms. The summed E-state index contributed by atoms with van der Waals surface area (Å²) in [7, 11) is 1.69. The molecule has 0 saturated heterocycles. The highest BCUT2D eigenvalue weighted by Gasteiger charge is 2.12. The molecule has 0 N–H and O–H groups in total. The summed E-state index contributed by atoms with van der Waals surface area (Å²) in [4.78, 5) is 16.0. The molecular formula is C15H17N5O2. The normalized spacial score (nSPS) is 11.3. The monoisotopic (exact) mass is 299 g/mol. The molecule has 0 spiro atoms. The summed E-state index contributed by atoms with van der Waals surface area (Å²) in [6, 6.07) is 5.51. The van der Waals surface area contributed by atoms with Crippen molar-refractivity contribution in [2.24, 2.45) is 7.05 Å². The molecule has 0 radical (unpaired) electrons. The predicted octanol–water partition coefficient (Wildman–Crippen LogP) is 1.80. The Labute approximate surface area is 127 Å². The van der Waals surface area contributed by atoms with Crippen molar-refractivity contribution < 1.29 is 4.52 Å². The Morgan fingerprint density at radius 1 is 1.27 bits per heavy atom. The number of aryl methyl sites for hydroxylation is 1. The number of hydrogen-bond donors (Lipinski definition) is 0. The van der Waals surface area contributed by atoms with E-state index in [1.54, 1.807) is 19.3 Å². The molecule has 0 aliphatic heterocycles. The second kappa shape index (κ2) is 5.59. The third-order valence-corrected chi connectivity index (χ3v) is 3.36. The fourth-order valence-corrected chi connectivity index (χ4v) is 2.05. The maximum absolute atomic E-state index is 11.6. The smallest absolute Gasteiger partial charge is 0.250 e. The summed E-state index contributed by atoms with van der Waals surface area (Å²) >= 11 is 0. The van der Waals surface area contributed by atoms with Gasteiger partial charge >= 0.3 is 0 Å². The lowest BCUT2D eigenvalue weighted by Gasteiger charge is -2.03. The van der Waals surface area contributed by atoms with Gasteiger partial charge in [0.1, 0.15) is 0 Å². The molecule has 7 heteroatoms. The Balaban J connectivity index is 1.81. The molecular weight excluding hydrogens is 282 g/mol. The average Bonchev–Trinajstić information content (AvgIpc) is 3.12. The van der Waals surface area contributed by atoms with Gasteiger partial charge in [-0.15, -0.1) is 0 Å². The van der Waals surface area contributed by atoms with Gasteiger partial charge < -0.3 is 9.09 Å². The van der Waals surface area contributed by atoms with Crippen LogP contribution >= 0.6 is 0 Å². The van der Waals surface area contributed by atoms with Gasteiger partial charge in [0.15, 0.2) is 0 Å². The van der Waals surface area contributed by atoms with E-state index in [-0.39, 0.29) is 5.56 Å². The van der Waals surface area contributed by atoms with Crippen LogP contribution in [0.25, 0.3) is 11.4 Å². The SMILES string of the molecule is CC(C)n1ccc(Cc2nc(-c3ccn(C)c(=O)c3)no2)n1. The average molecular weight is 299 g/mol. The number of nitrogens with zero attached hydrogens (tertiary/aromatic N) is 5. The Morgan fingerprint density at radius 2 is 2.09 bits per heavy atom. The largest absolute Gasteiger partial charge is 0.339 e. The van der Waals surface area contributed by atoms with Gasteiger partial charge in [0.25, 0.3) is 5.56 Å². The summed E-state index contributed by atoms with van der Waals surface area (Å²) in [5.74, 6) is 0.890. The van der Waals surface area contributed by atoms with Crippen LogP contribution in [-0.4, -0.2) is 24.5 Å². The Bertz CT molecular complexity index is 843. The molecule has 3 heterocycles. The first-order valence-electron chi connectivity index (χ1n) is 7.06. The van der Waals surface area contributed by atoms with Crippen LogP contribution in [-0.2, 0) is 13.5 Å².